The van der Waals surface area contributed by atoms with Crippen LogP contribution in [0.1, 0.15) is 28.0 Å². The summed E-state index contributed by atoms with van der Waals surface area (Å²) in [4.78, 5) is 28.6. The standard InChI is InChI=1S/C21H19N3O4S2/c1-3-27-19(26)18-13(2)22-21(30-18)24-20(29)23-17(25)12-10-15-9-11-16(28-15)14-7-5-4-6-8-14/h4-12H,3H2,1-2H3,(H2,22,23,24,25,29)/b12-10+. The van der Waals surface area contributed by atoms with E-state index in [4.69, 9.17) is 21.4 Å². The number of aryl methyl sites for hydroxylation is 1. The predicted molar refractivity (Wildman–Crippen MR) is 120 cm³/mol. The van der Waals surface area contributed by atoms with Gasteiger partial charge in [-0.3, -0.25) is 10.1 Å². The van der Waals surface area contributed by atoms with Crippen LogP contribution in [0.2, 0.25) is 0 Å². The Morgan fingerprint density at radius 3 is 2.73 bits per heavy atom. The minimum Gasteiger partial charge on any atom is -0.462 e. The van der Waals surface area contributed by atoms with Gasteiger partial charge in [0.1, 0.15) is 16.4 Å². The van der Waals surface area contributed by atoms with Crippen molar-refractivity contribution < 1.29 is 18.7 Å². The van der Waals surface area contributed by atoms with Crippen LogP contribution < -0.4 is 10.6 Å². The average Bonchev–Trinajstić information content (AvgIpc) is 3.34. The van der Waals surface area contributed by atoms with Gasteiger partial charge in [-0.15, -0.1) is 0 Å². The quantitative estimate of drug-likeness (QED) is 0.332. The van der Waals surface area contributed by atoms with Crippen molar-refractivity contribution in [3.05, 3.63) is 64.9 Å². The summed E-state index contributed by atoms with van der Waals surface area (Å²) in [6.45, 7) is 3.71. The molecule has 0 unspecified atom stereocenters. The Morgan fingerprint density at radius 1 is 1.23 bits per heavy atom. The van der Waals surface area contributed by atoms with Crippen molar-refractivity contribution in [3.8, 4) is 11.3 Å². The van der Waals surface area contributed by atoms with Gasteiger partial charge in [-0.2, -0.15) is 0 Å². The SMILES string of the molecule is CCOC(=O)c1sc(NC(=S)NC(=O)/C=C/c2ccc(-c3ccccc3)o2)nc1C. The van der Waals surface area contributed by atoms with Gasteiger partial charge < -0.3 is 14.5 Å². The van der Waals surface area contributed by atoms with Crippen molar-refractivity contribution in [1.82, 2.24) is 10.3 Å². The number of anilines is 1. The molecule has 154 valence electrons. The molecule has 0 spiro atoms. The van der Waals surface area contributed by atoms with Crippen molar-refractivity contribution in [3.63, 3.8) is 0 Å². The third kappa shape index (κ3) is 5.62. The Hall–Kier alpha value is -3.30. The van der Waals surface area contributed by atoms with Crippen molar-refractivity contribution >= 4 is 51.8 Å². The lowest BCUT2D eigenvalue weighted by atomic mass is 10.2. The van der Waals surface area contributed by atoms with Gasteiger partial charge in [0, 0.05) is 11.6 Å². The minimum absolute atomic E-state index is 0.0678. The third-order valence-electron chi connectivity index (χ3n) is 3.80. The van der Waals surface area contributed by atoms with Crippen LogP contribution in [0, 0.1) is 6.92 Å². The second-order valence-corrected chi connectivity index (χ2v) is 7.41. The van der Waals surface area contributed by atoms with E-state index in [1.807, 2.05) is 36.4 Å². The number of thiocarbonyl (C=S) groups is 1. The summed E-state index contributed by atoms with van der Waals surface area (Å²) < 4.78 is 10.7. The van der Waals surface area contributed by atoms with Crippen LogP contribution in [0.5, 0.6) is 0 Å². The van der Waals surface area contributed by atoms with Gasteiger partial charge in [-0.25, -0.2) is 9.78 Å². The summed E-state index contributed by atoms with van der Waals surface area (Å²) in [6.07, 6.45) is 2.87. The van der Waals surface area contributed by atoms with Crippen LogP contribution in [0.4, 0.5) is 5.13 Å². The zero-order valence-corrected chi connectivity index (χ0v) is 17.9. The largest absolute Gasteiger partial charge is 0.462 e. The number of amides is 1. The minimum atomic E-state index is -0.438. The molecule has 3 aromatic rings. The molecule has 0 saturated carbocycles. The van der Waals surface area contributed by atoms with Gasteiger partial charge in [-0.1, -0.05) is 41.7 Å². The zero-order valence-electron chi connectivity index (χ0n) is 16.3. The van der Waals surface area contributed by atoms with Crippen molar-refractivity contribution in [1.29, 1.82) is 0 Å². The van der Waals surface area contributed by atoms with Gasteiger partial charge in [-0.05, 0) is 44.3 Å². The highest BCUT2D eigenvalue weighted by molar-refractivity contribution is 7.80. The number of thiazole rings is 1. The number of nitrogens with zero attached hydrogens (tertiary/aromatic N) is 1. The monoisotopic (exact) mass is 441 g/mol. The molecule has 0 aliphatic rings. The van der Waals surface area contributed by atoms with Crippen LogP contribution in [0.3, 0.4) is 0 Å². The summed E-state index contributed by atoms with van der Waals surface area (Å²) >= 11 is 6.24. The molecule has 0 bridgehead atoms. The molecule has 9 heteroatoms. The van der Waals surface area contributed by atoms with Gasteiger partial charge >= 0.3 is 5.97 Å². The number of rotatable bonds is 6. The number of hydrogen-bond acceptors (Lipinski definition) is 7. The summed E-state index contributed by atoms with van der Waals surface area (Å²) in [6, 6.07) is 13.3. The molecule has 3 rings (SSSR count). The number of aromatic nitrogens is 1. The summed E-state index contributed by atoms with van der Waals surface area (Å²) in [5.74, 6) is 0.387. The topological polar surface area (TPSA) is 93.5 Å². The number of benzene rings is 1. The Kier molecular flexibility index (Phi) is 7.10. The molecule has 2 heterocycles. The van der Waals surface area contributed by atoms with Gasteiger partial charge in [0.2, 0.25) is 5.91 Å². The maximum Gasteiger partial charge on any atom is 0.350 e. The molecule has 1 amide bonds. The molecule has 30 heavy (non-hydrogen) atoms. The van der Waals surface area contributed by atoms with Crippen molar-refractivity contribution in [2.45, 2.75) is 13.8 Å². The second-order valence-electron chi connectivity index (χ2n) is 6.00. The fraction of sp³-hybridized carbons (Fsp3) is 0.143. The fourth-order valence-electron chi connectivity index (χ4n) is 2.48. The fourth-order valence-corrected chi connectivity index (χ4v) is 3.60. The molecule has 1 aromatic carbocycles. The predicted octanol–water partition coefficient (Wildman–Crippen LogP) is 4.41. The maximum absolute atomic E-state index is 12.1. The van der Waals surface area contributed by atoms with Crippen LogP contribution >= 0.6 is 23.6 Å². The molecule has 2 N–H and O–H groups in total. The number of esters is 1. The number of carbonyl (C=O) groups excluding carboxylic acids is 2. The lowest BCUT2D eigenvalue weighted by Gasteiger charge is -2.04. The molecule has 0 aliphatic carbocycles. The molecule has 0 atom stereocenters. The highest BCUT2D eigenvalue weighted by atomic mass is 32.1. The van der Waals surface area contributed by atoms with E-state index in [1.165, 1.54) is 6.08 Å². The first-order valence-corrected chi connectivity index (χ1v) is 10.3. The molecular formula is C21H19N3O4S2. The first kappa shape index (κ1) is 21.4. The Bertz CT molecular complexity index is 1090. The van der Waals surface area contributed by atoms with E-state index >= 15 is 0 Å². The summed E-state index contributed by atoms with van der Waals surface area (Å²) in [7, 11) is 0. The number of hydrogen-bond donors (Lipinski definition) is 2. The number of ether oxygens (including phenoxy) is 1. The molecule has 0 saturated heterocycles. The van der Waals surface area contributed by atoms with Crippen molar-refractivity contribution in [2.75, 3.05) is 11.9 Å². The Morgan fingerprint density at radius 2 is 2.00 bits per heavy atom. The Balaban J connectivity index is 1.55. The lowest BCUT2D eigenvalue weighted by molar-refractivity contribution is -0.115. The summed E-state index contributed by atoms with van der Waals surface area (Å²) in [5, 5.41) is 5.78. The van der Waals surface area contributed by atoms with Crippen LogP contribution in [0.15, 0.2) is 53.0 Å². The van der Waals surface area contributed by atoms with Crippen molar-refractivity contribution in [2.24, 2.45) is 0 Å². The highest BCUT2D eigenvalue weighted by Crippen LogP contribution is 2.24. The smallest absolute Gasteiger partial charge is 0.350 e. The summed E-state index contributed by atoms with van der Waals surface area (Å²) in [5.41, 5.74) is 1.48. The highest BCUT2D eigenvalue weighted by Gasteiger charge is 2.17. The van der Waals surface area contributed by atoms with E-state index < -0.39 is 11.9 Å². The Labute approximate surface area is 182 Å². The molecule has 0 fully saturated rings. The first-order valence-electron chi connectivity index (χ1n) is 9.06. The first-order chi connectivity index (χ1) is 14.5. The second kappa shape index (κ2) is 9.95. The third-order valence-corrected chi connectivity index (χ3v) is 5.06. The van der Waals surface area contributed by atoms with Crippen LogP contribution in [0.25, 0.3) is 17.4 Å². The molecular weight excluding hydrogens is 422 g/mol. The maximum atomic E-state index is 12.1. The van der Waals surface area contributed by atoms with Crippen LogP contribution in [-0.4, -0.2) is 28.6 Å². The normalized spacial score (nSPS) is 10.7. The van der Waals surface area contributed by atoms with E-state index in [0.29, 0.717) is 27.2 Å². The number of furan rings is 1. The van der Waals surface area contributed by atoms with Crippen LogP contribution in [-0.2, 0) is 9.53 Å². The molecule has 0 radical (unpaired) electrons. The van der Waals surface area contributed by atoms with Gasteiger partial charge in [0.15, 0.2) is 10.2 Å². The number of carbonyl (C=O) groups is 2. The van der Waals surface area contributed by atoms with E-state index in [0.717, 1.165) is 16.9 Å². The number of nitrogens with one attached hydrogen (secondary N) is 2. The average molecular weight is 442 g/mol. The zero-order chi connectivity index (χ0) is 21.5. The van der Waals surface area contributed by atoms with E-state index in [-0.39, 0.29) is 11.7 Å². The van der Waals surface area contributed by atoms with E-state index in [9.17, 15) is 9.59 Å². The molecule has 0 aliphatic heterocycles. The molecule has 7 nitrogen and oxygen atoms in total. The lowest BCUT2D eigenvalue weighted by Crippen LogP contribution is -2.32. The van der Waals surface area contributed by atoms with E-state index in [2.05, 4.69) is 15.6 Å². The van der Waals surface area contributed by atoms with Gasteiger partial charge in [0.25, 0.3) is 0 Å². The molecule has 2 aromatic heterocycles. The van der Waals surface area contributed by atoms with Gasteiger partial charge in [0.05, 0.1) is 12.3 Å². The van der Waals surface area contributed by atoms with E-state index in [1.54, 1.807) is 26.0 Å².